The molecule has 3 fully saturated rings. The van der Waals surface area contributed by atoms with Gasteiger partial charge in [-0.25, -0.2) is 0 Å². The first-order valence-corrected chi connectivity index (χ1v) is 11.1. The Kier molecular flexibility index (Phi) is 5.56. The normalized spacial score (nSPS) is 46.3. The van der Waals surface area contributed by atoms with Crippen LogP contribution < -0.4 is 0 Å². The van der Waals surface area contributed by atoms with E-state index < -0.39 is 22.5 Å². The maximum atomic E-state index is 11.9. The van der Waals surface area contributed by atoms with Crippen LogP contribution in [0.1, 0.15) is 92.4 Å². The highest BCUT2D eigenvalue weighted by atomic mass is 16.3. The third-order valence-electron chi connectivity index (χ3n) is 9.39. The molecule has 4 nitrogen and oxygen atoms in total. The van der Waals surface area contributed by atoms with Gasteiger partial charge in [0.15, 0.2) is 0 Å². The molecule has 0 heterocycles. The van der Waals surface area contributed by atoms with E-state index >= 15 is 0 Å². The molecule has 4 N–H and O–H groups in total. The molecule has 0 bridgehead atoms. The molecule has 27 heavy (non-hydrogen) atoms. The Balaban J connectivity index is 1.90. The number of rotatable bonds is 4. The molecule has 0 aromatic heterocycles. The highest BCUT2D eigenvalue weighted by Gasteiger charge is 2.72. The molecule has 3 rings (SSSR count). The van der Waals surface area contributed by atoms with Gasteiger partial charge in [-0.2, -0.15) is 0 Å². The Morgan fingerprint density at radius 2 is 1.04 bits per heavy atom. The Labute approximate surface area is 165 Å². The molecule has 3 aliphatic carbocycles. The van der Waals surface area contributed by atoms with Gasteiger partial charge in [0.1, 0.15) is 0 Å². The zero-order chi connectivity index (χ0) is 20.3. The highest BCUT2D eigenvalue weighted by molar-refractivity contribution is 5.22. The van der Waals surface area contributed by atoms with Crippen LogP contribution in [0.5, 0.6) is 0 Å². The molecule has 0 aromatic carbocycles. The van der Waals surface area contributed by atoms with Gasteiger partial charge >= 0.3 is 0 Å². The second-order valence-corrected chi connectivity index (χ2v) is 11.4. The number of aliphatic hydroxyl groups is 4. The summed E-state index contributed by atoms with van der Waals surface area (Å²) < 4.78 is 0. The molecular weight excluding hydrogens is 340 g/mol. The van der Waals surface area contributed by atoms with Crippen molar-refractivity contribution in [2.24, 2.45) is 28.1 Å². The van der Waals surface area contributed by atoms with Crippen molar-refractivity contribution in [3.8, 4) is 0 Å². The van der Waals surface area contributed by atoms with Gasteiger partial charge in [0.2, 0.25) is 0 Å². The molecule has 0 unspecified atom stereocenters. The van der Waals surface area contributed by atoms with E-state index in [9.17, 15) is 20.4 Å². The smallest absolute Gasteiger partial charge is 0.0804 e. The fourth-order valence-corrected chi connectivity index (χ4v) is 7.21. The average molecular weight is 383 g/mol. The summed E-state index contributed by atoms with van der Waals surface area (Å²) in [5.74, 6) is 0.962. The monoisotopic (exact) mass is 382 g/mol. The summed E-state index contributed by atoms with van der Waals surface area (Å²) in [4.78, 5) is 0. The third-order valence-corrected chi connectivity index (χ3v) is 9.39. The lowest BCUT2D eigenvalue weighted by Gasteiger charge is -2.70. The minimum atomic E-state index is -0.916. The van der Waals surface area contributed by atoms with Crippen LogP contribution in [0.3, 0.4) is 0 Å². The van der Waals surface area contributed by atoms with Crippen molar-refractivity contribution in [1.29, 1.82) is 0 Å². The molecular formula is C23H42O4. The summed E-state index contributed by atoms with van der Waals surface area (Å²) >= 11 is 0. The summed E-state index contributed by atoms with van der Waals surface area (Å²) in [5.41, 5.74) is -2.01. The number of hydrogen-bond donors (Lipinski definition) is 4. The summed E-state index contributed by atoms with van der Waals surface area (Å²) in [6, 6.07) is 0. The molecule has 0 aromatic rings. The van der Waals surface area contributed by atoms with Gasteiger partial charge in [-0.1, -0.05) is 34.6 Å². The molecule has 0 amide bonds. The fraction of sp³-hybridized carbons (Fsp3) is 1.00. The standard InChI is InChI=1S/C23H42O4/c1-20(2)19(26)21(3,4)23(20,27)14-22(5,15-6-10-17(24)11-7-15)16-8-12-18(25)13-9-16/h15-19,24-27H,6-14H2,1-5H3. The Hall–Kier alpha value is -0.160. The van der Waals surface area contributed by atoms with Crippen molar-refractivity contribution in [1.82, 2.24) is 0 Å². The molecule has 0 aliphatic heterocycles. The average Bonchev–Trinajstić information content (AvgIpc) is 2.61. The summed E-state index contributed by atoms with van der Waals surface area (Å²) in [6.07, 6.45) is 7.26. The molecule has 4 heteroatoms. The van der Waals surface area contributed by atoms with E-state index in [-0.39, 0.29) is 17.6 Å². The van der Waals surface area contributed by atoms with Crippen molar-refractivity contribution in [3.05, 3.63) is 0 Å². The third kappa shape index (κ3) is 3.19. The van der Waals surface area contributed by atoms with Crippen LogP contribution in [0.15, 0.2) is 0 Å². The van der Waals surface area contributed by atoms with E-state index in [0.717, 1.165) is 51.4 Å². The van der Waals surface area contributed by atoms with Gasteiger partial charge in [-0.3, -0.25) is 0 Å². The Morgan fingerprint density at radius 3 is 1.37 bits per heavy atom. The van der Waals surface area contributed by atoms with Crippen LogP contribution in [0, 0.1) is 28.1 Å². The van der Waals surface area contributed by atoms with Gasteiger partial charge in [-0.15, -0.1) is 0 Å². The fourth-order valence-electron chi connectivity index (χ4n) is 7.21. The quantitative estimate of drug-likeness (QED) is 0.598. The zero-order valence-corrected chi connectivity index (χ0v) is 18.0. The Bertz CT molecular complexity index is 486. The molecule has 0 spiro atoms. The van der Waals surface area contributed by atoms with Gasteiger partial charge < -0.3 is 20.4 Å². The van der Waals surface area contributed by atoms with Gasteiger partial charge in [0, 0.05) is 10.8 Å². The minimum absolute atomic E-state index is 0.0380. The van der Waals surface area contributed by atoms with Gasteiger partial charge in [0.05, 0.1) is 23.9 Å². The first-order chi connectivity index (χ1) is 12.4. The van der Waals surface area contributed by atoms with Gasteiger partial charge in [-0.05, 0) is 75.0 Å². The van der Waals surface area contributed by atoms with E-state index in [4.69, 9.17) is 0 Å². The Morgan fingerprint density at radius 1 is 0.704 bits per heavy atom. The molecule has 3 aliphatic rings. The SMILES string of the molecule is CC(CC1(O)C(C)(C)C(O)C1(C)C)(C1CCC(O)CC1)C1CCC(O)CC1. The van der Waals surface area contributed by atoms with Crippen molar-refractivity contribution >= 4 is 0 Å². The largest absolute Gasteiger partial charge is 0.393 e. The minimum Gasteiger partial charge on any atom is -0.393 e. The predicted octanol–water partition coefficient (Wildman–Crippen LogP) is 3.64. The number of aliphatic hydroxyl groups excluding tert-OH is 3. The maximum Gasteiger partial charge on any atom is 0.0804 e. The second kappa shape index (κ2) is 6.97. The predicted molar refractivity (Wildman–Crippen MR) is 107 cm³/mol. The van der Waals surface area contributed by atoms with Crippen molar-refractivity contribution in [2.75, 3.05) is 0 Å². The molecule has 0 radical (unpaired) electrons. The van der Waals surface area contributed by atoms with Crippen LogP contribution in [-0.4, -0.2) is 44.3 Å². The summed E-state index contributed by atoms with van der Waals surface area (Å²) in [5, 5.41) is 42.6. The summed E-state index contributed by atoms with van der Waals surface area (Å²) in [7, 11) is 0. The zero-order valence-electron chi connectivity index (χ0n) is 18.0. The topological polar surface area (TPSA) is 80.9 Å². The summed E-state index contributed by atoms with van der Waals surface area (Å²) in [6.45, 7) is 10.3. The maximum absolute atomic E-state index is 11.9. The lowest BCUT2D eigenvalue weighted by Crippen LogP contribution is -2.77. The first kappa shape index (κ1) is 21.5. The molecule has 158 valence electrons. The molecule has 0 atom stereocenters. The van der Waals surface area contributed by atoms with E-state index in [1.165, 1.54) is 0 Å². The van der Waals surface area contributed by atoms with E-state index in [0.29, 0.717) is 18.3 Å². The highest BCUT2D eigenvalue weighted by Crippen LogP contribution is 2.67. The molecule has 0 saturated heterocycles. The van der Waals surface area contributed by atoms with E-state index in [1.807, 2.05) is 27.7 Å². The molecule has 3 saturated carbocycles. The van der Waals surface area contributed by atoms with Gasteiger partial charge in [0.25, 0.3) is 0 Å². The van der Waals surface area contributed by atoms with E-state index in [2.05, 4.69) is 6.92 Å². The van der Waals surface area contributed by atoms with Crippen LogP contribution >= 0.6 is 0 Å². The van der Waals surface area contributed by atoms with Crippen molar-refractivity contribution in [3.63, 3.8) is 0 Å². The van der Waals surface area contributed by atoms with E-state index in [1.54, 1.807) is 0 Å². The lowest BCUT2D eigenvalue weighted by molar-refractivity contribution is -0.334. The van der Waals surface area contributed by atoms with Crippen LogP contribution in [0.4, 0.5) is 0 Å². The second-order valence-electron chi connectivity index (χ2n) is 11.4. The number of hydrogen-bond acceptors (Lipinski definition) is 4. The van der Waals surface area contributed by atoms with Crippen molar-refractivity contribution < 1.29 is 20.4 Å². The van der Waals surface area contributed by atoms with Crippen LogP contribution in [-0.2, 0) is 0 Å². The van der Waals surface area contributed by atoms with Crippen molar-refractivity contribution in [2.45, 2.75) is 116 Å². The van der Waals surface area contributed by atoms with Crippen LogP contribution in [0.25, 0.3) is 0 Å². The lowest BCUT2D eigenvalue weighted by atomic mass is 9.38. The first-order valence-electron chi connectivity index (χ1n) is 11.1. The van der Waals surface area contributed by atoms with Crippen LogP contribution in [0.2, 0.25) is 0 Å².